The number of amides is 2. The first-order chi connectivity index (χ1) is 14.5. The first-order valence-electron chi connectivity index (χ1n) is 10.6. The van der Waals surface area contributed by atoms with E-state index in [1.807, 2.05) is 0 Å². The van der Waals surface area contributed by atoms with Crippen LogP contribution in [0.5, 0.6) is 11.6 Å². The van der Waals surface area contributed by atoms with Crippen LogP contribution < -0.4 is 15.4 Å². The Morgan fingerprint density at radius 2 is 1.87 bits per heavy atom. The van der Waals surface area contributed by atoms with Crippen LogP contribution in [0, 0.1) is 5.92 Å². The van der Waals surface area contributed by atoms with Crippen LogP contribution in [0.3, 0.4) is 0 Å². The van der Waals surface area contributed by atoms with Crippen LogP contribution in [-0.4, -0.2) is 46.9 Å². The van der Waals surface area contributed by atoms with E-state index in [9.17, 15) is 9.59 Å². The highest BCUT2D eigenvalue weighted by atomic mass is 16.5. The molecule has 158 valence electrons. The summed E-state index contributed by atoms with van der Waals surface area (Å²) < 4.78 is 5.74. The number of hydrogen-bond acceptors (Lipinski definition) is 5. The van der Waals surface area contributed by atoms with Gasteiger partial charge in [-0.15, -0.1) is 0 Å². The third-order valence-corrected chi connectivity index (χ3v) is 6.08. The van der Waals surface area contributed by atoms with Crippen molar-refractivity contribution >= 4 is 17.5 Å². The van der Waals surface area contributed by atoms with Gasteiger partial charge in [-0.25, -0.2) is 4.98 Å². The van der Waals surface area contributed by atoms with Crippen molar-refractivity contribution in [2.75, 3.05) is 18.4 Å². The Balaban J connectivity index is 1.37. The minimum atomic E-state index is -0.150. The van der Waals surface area contributed by atoms with Gasteiger partial charge in [-0.1, -0.05) is 6.92 Å². The van der Waals surface area contributed by atoms with Gasteiger partial charge in [0.15, 0.2) is 0 Å². The molecule has 30 heavy (non-hydrogen) atoms. The van der Waals surface area contributed by atoms with Crippen molar-refractivity contribution in [2.45, 2.75) is 45.2 Å². The van der Waals surface area contributed by atoms with Crippen LogP contribution in [0.2, 0.25) is 0 Å². The molecule has 3 fully saturated rings. The van der Waals surface area contributed by atoms with E-state index in [2.05, 4.69) is 27.4 Å². The zero-order chi connectivity index (χ0) is 21.1. The normalized spacial score (nSPS) is 24.9. The Hall–Kier alpha value is -2.93. The predicted octanol–water partition coefficient (Wildman–Crippen LogP) is 3.43. The molecule has 0 unspecified atom stereocenters. The van der Waals surface area contributed by atoms with Crippen molar-refractivity contribution in [1.82, 2.24) is 15.2 Å². The summed E-state index contributed by atoms with van der Waals surface area (Å²) in [6, 6.07) is 11.2. The first kappa shape index (κ1) is 20.3. The number of nitrogens with one attached hydrogen (secondary N) is 2. The fourth-order valence-corrected chi connectivity index (χ4v) is 4.63. The van der Waals surface area contributed by atoms with Crippen LogP contribution in [0.4, 0.5) is 5.69 Å². The molecule has 2 atom stereocenters. The molecular formula is C23H28N4O3. The molecular weight excluding hydrogens is 380 g/mol. The van der Waals surface area contributed by atoms with E-state index in [0.717, 1.165) is 19.5 Å². The number of rotatable bonds is 6. The maximum atomic E-state index is 12.8. The number of pyridine rings is 1. The van der Waals surface area contributed by atoms with E-state index in [1.165, 1.54) is 26.0 Å². The summed E-state index contributed by atoms with van der Waals surface area (Å²) >= 11 is 0. The molecule has 4 heterocycles. The largest absolute Gasteiger partial charge is 0.439 e. The van der Waals surface area contributed by atoms with Crippen LogP contribution in [0.1, 0.15) is 43.5 Å². The van der Waals surface area contributed by atoms with E-state index in [4.69, 9.17) is 4.74 Å². The van der Waals surface area contributed by atoms with Gasteiger partial charge >= 0.3 is 0 Å². The monoisotopic (exact) mass is 408 g/mol. The van der Waals surface area contributed by atoms with E-state index >= 15 is 0 Å². The van der Waals surface area contributed by atoms with Crippen molar-refractivity contribution in [3.63, 3.8) is 0 Å². The van der Waals surface area contributed by atoms with Crippen molar-refractivity contribution in [3.05, 3.63) is 48.2 Å². The molecule has 0 saturated carbocycles. The van der Waals surface area contributed by atoms with Gasteiger partial charge in [-0.3, -0.25) is 14.5 Å². The van der Waals surface area contributed by atoms with Crippen LogP contribution in [0.25, 0.3) is 0 Å². The molecule has 1 aromatic heterocycles. The van der Waals surface area contributed by atoms with Gasteiger partial charge in [0, 0.05) is 30.6 Å². The average molecular weight is 409 g/mol. The zero-order valence-electron chi connectivity index (χ0n) is 17.4. The third kappa shape index (κ3) is 4.46. The summed E-state index contributed by atoms with van der Waals surface area (Å²) in [7, 11) is 0. The van der Waals surface area contributed by atoms with Gasteiger partial charge in [0.2, 0.25) is 11.8 Å². The lowest BCUT2D eigenvalue weighted by Crippen LogP contribution is -2.63. The number of fused-ring (bicyclic) bond motifs is 3. The Morgan fingerprint density at radius 1 is 1.13 bits per heavy atom. The van der Waals surface area contributed by atoms with Gasteiger partial charge < -0.3 is 15.4 Å². The van der Waals surface area contributed by atoms with E-state index in [0.29, 0.717) is 34.8 Å². The summed E-state index contributed by atoms with van der Waals surface area (Å²) in [6.45, 7) is 5.96. The molecule has 3 aliphatic rings. The molecule has 2 aromatic rings. The van der Waals surface area contributed by atoms with Crippen LogP contribution in [0.15, 0.2) is 42.6 Å². The van der Waals surface area contributed by atoms with Crippen molar-refractivity contribution in [2.24, 2.45) is 5.92 Å². The summed E-state index contributed by atoms with van der Waals surface area (Å²) in [5, 5.41) is 5.95. The van der Waals surface area contributed by atoms with Gasteiger partial charge in [0.05, 0.1) is 11.9 Å². The number of hydrogen-bond donors (Lipinski definition) is 2. The highest BCUT2D eigenvalue weighted by molar-refractivity contribution is 5.94. The first-order valence-corrected chi connectivity index (χ1v) is 10.6. The molecule has 2 amide bonds. The van der Waals surface area contributed by atoms with Crippen LogP contribution >= 0.6 is 0 Å². The summed E-state index contributed by atoms with van der Waals surface area (Å²) in [4.78, 5) is 30.6. The molecule has 2 N–H and O–H groups in total. The minimum absolute atomic E-state index is 0.0310. The van der Waals surface area contributed by atoms with Gasteiger partial charge in [0.1, 0.15) is 5.75 Å². The molecule has 5 rings (SSSR count). The molecule has 0 spiro atoms. The Morgan fingerprint density at radius 3 is 2.47 bits per heavy atom. The Bertz CT molecular complexity index is 890. The molecule has 7 heteroatoms. The van der Waals surface area contributed by atoms with Gasteiger partial charge in [-0.2, -0.15) is 0 Å². The molecule has 7 nitrogen and oxygen atoms in total. The number of nitrogens with zero attached hydrogens (tertiary/aromatic N) is 2. The number of ether oxygens (including phenoxy) is 1. The number of anilines is 1. The number of piperidine rings is 3. The van der Waals surface area contributed by atoms with E-state index < -0.39 is 0 Å². The molecule has 0 aliphatic carbocycles. The second-order valence-electron chi connectivity index (χ2n) is 8.04. The van der Waals surface area contributed by atoms with Gasteiger partial charge in [0.25, 0.3) is 5.91 Å². The van der Waals surface area contributed by atoms with Gasteiger partial charge in [-0.05, 0) is 68.6 Å². The lowest BCUT2D eigenvalue weighted by molar-refractivity contribution is -0.114. The average Bonchev–Trinajstić information content (AvgIpc) is 2.76. The number of carbonyl (C=O) groups is 2. The molecule has 3 saturated heterocycles. The molecule has 0 radical (unpaired) electrons. The molecule has 2 bridgehead atoms. The fraction of sp³-hybridized carbons (Fsp3) is 0.435. The maximum Gasteiger partial charge on any atom is 0.251 e. The number of aromatic nitrogens is 1. The lowest BCUT2D eigenvalue weighted by Gasteiger charge is -2.51. The number of benzene rings is 1. The lowest BCUT2D eigenvalue weighted by atomic mass is 9.77. The minimum Gasteiger partial charge on any atom is -0.439 e. The maximum absolute atomic E-state index is 12.8. The molecule has 1 aromatic carbocycles. The summed E-state index contributed by atoms with van der Waals surface area (Å²) in [6.07, 6.45) is 4.93. The van der Waals surface area contributed by atoms with Crippen molar-refractivity contribution < 1.29 is 14.3 Å². The Kier molecular flexibility index (Phi) is 5.99. The highest BCUT2D eigenvalue weighted by Crippen LogP contribution is 2.34. The van der Waals surface area contributed by atoms with E-state index in [-0.39, 0.29) is 17.9 Å². The number of carbonyl (C=O) groups excluding carboxylic acids is 2. The van der Waals surface area contributed by atoms with Crippen molar-refractivity contribution in [1.29, 1.82) is 0 Å². The highest BCUT2D eigenvalue weighted by Gasteiger charge is 2.41. The topological polar surface area (TPSA) is 83.6 Å². The standard InChI is InChI=1S/C23H28N4O3/c1-3-20-22(16-10-12-27(20)13-11-16)26-23(29)17-4-7-19(8-5-17)30-21-9-6-18(14-24-21)25-15(2)28/h4-9,14,16,20,22H,3,10-13H2,1-2H3,(H,25,28)(H,26,29)/t20-,22+/m0/s1. The second kappa shape index (κ2) is 8.83. The van der Waals surface area contributed by atoms with Crippen molar-refractivity contribution in [3.8, 4) is 11.6 Å². The Labute approximate surface area is 176 Å². The zero-order valence-corrected chi connectivity index (χ0v) is 17.4. The smallest absolute Gasteiger partial charge is 0.251 e. The SMILES string of the molecule is CC[C@H]1[C@H](NC(=O)c2ccc(Oc3ccc(NC(C)=O)cn3)cc2)C2CCN1CC2. The summed E-state index contributed by atoms with van der Waals surface area (Å²) in [5.41, 5.74) is 1.24. The summed E-state index contributed by atoms with van der Waals surface area (Å²) in [5.74, 6) is 1.41. The predicted molar refractivity (Wildman–Crippen MR) is 115 cm³/mol. The van der Waals surface area contributed by atoms with Crippen LogP contribution in [-0.2, 0) is 4.79 Å². The van der Waals surface area contributed by atoms with E-state index in [1.54, 1.807) is 36.4 Å². The molecule has 3 aliphatic heterocycles. The quantitative estimate of drug-likeness (QED) is 0.765. The fourth-order valence-electron chi connectivity index (χ4n) is 4.63. The second-order valence-corrected chi connectivity index (χ2v) is 8.04. The third-order valence-electron chi connectivity index (χ3n) is 6.08.